The van der Waals surface area contributed by atoms with Crippen LogP contribution in [-0.4, -0.2) is 37.0 Å². The number of fused-ring (bicyclic) bond motifs is 1. The third-order valence-electron chi connectivity index (χ3n) is 4.03. The van der Waals surface area contributed by atoms with Crippen molar-refractivity contribution < 1.29 is 14.3 Å². The van der Waals surface area contributed by atoms with Gasteiger partial charge in [0.1, 0.15) is 0 Å². The normalized spacial score (nSPS) is 13.3. The average molecular weight is 344 g/mol. The Hall–Kier alpha value is -2.18. The number of amides is 2. The van der Waals surface area contributed by atoms with Crippen LogP contribution in [0, 0.1) is 0 Å². The van der Waals surface area contributed by atoms with Gasteiger partial charge in [-0.2, -0.15) is 0 Å². The predicted molar refractivity (Wildman–Crippen MR) is 94.3 cm³/mol. The SMILES string of the molecule is COCCN(Cc1cccs1)C(=O)c1ccc2c(c1)CCC(=O)N2. The van der Waals surface area contributed by atoms with E-state index < -0.39 is 0 Å². The number of hydrogen-bond donors (Lipinski definition) is 1. The second-order valence-corrected chi connectivity index (χ2v) is 6.75. The van der Waals surface area contributed by atoms with Crippen LogP contribution in [0.4, 0.5) is 5.69 Å². The van der Waals surface area contributed by atoms with Gasteiger partial charge in [0.05, 0.1) is 13.2 Å². The minimum atomic E-state index is -0.0137. The summed E-state index contributed by atoms with van der Waals surface area (Å²) in [4.78, 5) is 27.3. The van der Waals surface area contributed by atoms with E-state index >= 15 is 0 Å². The molecule has 0 radical (unpaired) electrons. The highest BCUT2D eigenvalue weighted by molar-refractivity contribution is 7.09. The van der Waals surface area contributed by atoms with Crippen LogP contribution in [0.2, 0.25) is 0 Å². The average Bonchev–Trinajstić information content (AvgIpc) is 3.10. The summed E-state index contributed by atoms with van der Waals surface area (Å²) in [6, 6.07) is 9.51. The number of methoxy groups -OCH3 is 1. The first-order valence-corrected chi connectivity index (χ1v) is 8.78. The van der Waals surface area contributed by atoms with E-state index in [-0.39, 0.29) is 11.8 Å². The molecule has 2 aromatic rings. The molecule has 24 heavy (non-hydrogen) atoms. The molecule has 0 aliphatic carbocycles. The summed E-state index contributed by atoms with van der Waals surface area (Å²) in [5, 5.41) is 4.85. The van der Waals surface area contributed by atoms with Crippen molar-refractivity contribution in [2.24, 2.45) is 0 Å². The maximum Gasteiger partial charge on any atom is 0.254 e. The third-order valence-corrected chi connectivity index (χ3v) is 4.89. The highest BCUT2D eigenvalue weighted by atomic mass is 32.1. The molecule has 0 saturated carbocycles. The van der Waals surface area contributed by atoms with E-state index in [1.165, 1.54) is 0 Å². The topological polar surface area (TPSA) is 58.6 Å². The number of thiophene rings is 1. The van der Waals surface area contributed by atoms with Crippen molar-refractivity contribution in [1.82, 2.24) is 4.90 Å². The van der Waals surface area contributed by atoms with Gasteiger partial charge in [0.25, 0.3) is 5.91 Å². The van der Waals surface area contributed by atoms with E-state index in [1.54, 1.807) is 29.4 Å². The number of rotatable bonds is 6. The van der Waals surface area contributed by atoms with E-state index in [0.29, 0.717) is 38.1 Å². The fourth-order valence-corrected chi connectivity index (χ4v) is 3.46. The molecule has 1 aliphatic rings. The number of carbonyl (C=O) groups excluding carboxylic acids is 2. The number of nitrogens with zero attached hydrogens (tertiary/aromatic N) is 1. The molecule has 2 amide bonds. The van der Waals surface area contributed by atoms with Crippen molar-refractivity contribution in [3.63, 3.8) is 0 Å². The van der Waals surface area contributed by atoms with E-state index in [1.807, 2.05) is 29.6 Å². The van der Waals surface area contributed by atoms with Gasteiger partial charge in [-0.25, -0.2) is 0 Å². The van der Waals surface area contributed by atoms with Gasteiger partial charge in [0, 0.05) is 36.2 Å². The lowest BCUT2D eigenvalue weighted by molar-refractivity contribution is -0.116. The Bertz CT molecular complexity index is 728. The Morgan fingerprint density at radius 3 is 2.96 bits per heavy atom. The van der Waals surface area contributed by atoms with Crippen LogP contribution in [-0.2, 0) is 22.5 Å². The van der Waals surface area contributed by atoms with Crippen LogP contribution in [0.1, 0.15) is 27.2 Å². The Morgan fingerprint density at radius 2 is 2.21 bits per heavy atom. The molecule has 1 N–H and O–H groups in total. The first kappa shape index (κ1) is 16.7. The summed E-state index contributed by atoms with van der Waals surface area (Å²) in [5.41, 5.74) is 2.48. The number of hydrogen-bond acceptors (Lipinski definition) is 4. The molecule has 0 spiro atoms. The zero-order chi connectivity index (χ0) is 16.9. The van der Waals surface area contributed by atoms with Gasteiger partial charge < -0.3 is 15.0 Å². The molecule has 6 heteroatoms. The van der Waals surface area contributed by atoms with E-state index in [2.05, 4.69) is 5.32 Å². The summed E-state index contributed by atoms with van der Waals surface area (Å²) >= 11 is 1.64. The second kappa shape index (κ2) is 7.59. The number of benzene rings is 1. The smallest absolute Gasteiger partial charge is 0.254 e. The molecule has 2 heterocycles. The summed E-state index contributed by atoms with van der Waals surface area (Å²) in [6.45, 7) is 1.62. The zero-order valence-corrected chi connectivity index (χ0v) is 14.4. The third kappa shape index (κ3) is 3.83. The first-order chi connectivity index (χ1) is 11.7. The predicted octanol–water partition coefficient (Wildman–Crippen LogP) is 2.92. The lowest BCUT2D eigenvalue weighted by Crippen LogP contribution is -2.33. The highest BCUT2D eigenvalue weighted by Gasteiger charge is 2.20. The molecule has 3 rings (SSSR count). The van der Waals surface area contributed by atoms with Gasteiger partial charge in [0.2, 0.25) is 5.91 Å². The van der Waals surface area contributed by atoms with Crippen LogP contribution in [0.3, 0.4) is 0 Å². The number of aryl methyl sites for hydroxylation is 1. The molecule has 1 aliphatic heterocycles. The maximum atomic E-state index is 12.9. The largest absolute Gasteiger partial charge is 0.383 e. The quantitative estimate of drug-likeness (QED) is 0.876. The minimum absolute atomic E-state index is 0.0137. The van der Waals surface area contributed by atoms with Gasteiger partial charge >= 0.3 is 0 Å². The molecule has 0 atom stereocenters. The van der Waals surface area contributed by atoms with Crippen molar-refractivity contribution in [3.8, 4) is 0 Å². The monoisotopic (exact) mass is 344 g/mol. The van der Waals surface area contributed by atoms with Gasteiger partial charge in [-0.05, 0) is 41.6 Å². The van der Waals surface area contributed by atoms with Crippen LogP contribution in [0.5, 0.6) is 0 Å². The first-order valence-electron chi connectivity index (χ1n) is 7.91. The highest BCUT2D eigenvalue weighted by Crippen LogP contribution is 2.24. The molecule has 1 aromatic carbocycles. The van der Waals surface area contributed by atoms with E-state index in [0.717, 1.165) is 16.1 Å². The van der Waals surface area contributed by atoms with E-state index in [4.69, 9.17) is 4.74 Å². The lowest BCUT2D eigenvalue weighted by Gasteiger charge is -2.23. The van der Waals surface area contributed by atoms with Gasteiger partial charge in [-0.1, -0.05) is 6.07 Å². The van der Waals surface area contributed by atoms with Crippen LogP contribution >= 0.6 is 11.3 Å². The van der Waals surface area contributed by atoms with Crippen LogP contribution < -0.4 is 5.32 Å². The van der Waals surface area contributed by atoms with Gasteiger partial charge in [0.15, 0.2) is 0 Å². The molecule has 1 aromatic heterocycles. The fraction of sp³-hybridized carbons (Fsp3) is 0.333. The van der Waals surface area contributed by atoms with Crippen molar-refractivity contribution in [1.29, 1.82) is 0 Å². The summed E-state index contributed by atoms with van der Waals surface area (Å²) in [5.74, 6) is 0.0149. The number of carbonyl (C=O) groups is 2. The summed E-state index contributed by atoms with van der Waals surface area (Å²) < 4.78 is 5.14. The number of nitrogens with one attached hydrogen (secondary N) is 1. The zero-order valence-electron chi connectivity index (χ0n) is 13.6. The molecule has 0 fully saturated rings. The molecule has 5 nitrogen and oxygen atoms in total. The molecule has 0 bridgehead atoms. The Balaban J connectivity index is 1.79. The number of ether oxygens (including phenoxy) is 1. The van der Waals surface area contributed by atoms with Crippen molar-refractivity contribution in [3.05, 3.63) is 51.7 Å². The number of anilines is 1. The molecule has 0 saturated heterocycles. The molecule has 0 unspecified atom stereocenters. The Kier molecular flexibility index (Phi) is 5.27. The van der Waals surface area contributed by atoms with Crippen molar-refractivity contribution in [2.75, 3.05) is 25.6 Å². The Morgan fingerprint density at radius 1 is 1.33 bits per heavy atom. The van der Waals surface area contributed by atoms with Crippen molar-refractivity contribution in [2.45, 2.75) is 19.4 Å². The lowest BCUT2D eigenvalue weighted by atomic mass is 10.00. The Labute approximate surface area is 145 Å². The molecular formula is C18H20N2O3S. The van der Waals surface area contributed by atoms with Crippen LogP contribution in [0.25, 0.3) is 0 Å². The van der Waals surface area contributed by atoms with Gasteiger partial charge in [-0.3, -0.25) is 9.59 Å². The maximum absolute atomic E-state index is 12.9. The fourth-order valence-electron chi connectivity index (χ4n) is 2.74. The van der Waals surface area contributed by atoms with Gasteiger partial charge in [-0.15, -0.1) is 11.3 Å². The minimum Gasteiger partial charge on any atom is -0.383 e. The standard InChI is InChI=1S/C18H20N2O3S/c1-23-9-8-20(12-15-3-2-10-24-15)18(22)14-4-6-16-13(11-14)5-7-17(21)19-16/h2-4,6,10-11H,5,7-9,12H2,1H3,(H,19,21). The van der Waals surface area contributed by atoms with Crippen molar-refractivity contribution >= 4 is 28.8 Å². The van der Waals surface area contributed by atoms with Crippen LogP contribution in [0.15, 0.2) is 35.7 Å². The molecular weight excluding hydrogens is 324 g/mol. The second-order valence-electron chi connectivity index (χ2n) is 5.72. The summed E-state index contributed by atoms with van der Waals surface area (Å²) in [6.07, 6.45) is 1.14. The van der Waals surface area contributed by atoms with E-state index in [9.17, 15) is 9.59 Å². The molecule has 126 valence electrons. The summed E-state index contributed by atoms with van der Waals surface area (Å²) in [7, 11) is 1.63.